The number of nitrogens with zero attached hydrogens (tertiary/aromatic N) is 2. The molecule has 0 amide bonds. The average molecular weight is 445 g/mol. The Labute approximate surface area is 181 Å². The summed E-state index contributed by atoms with van der Waals surface area (Å²) < 4.78 is 15.7. The van der Waals surface area contributed by atoms with Crippen LogP contribution in [0.2, 0.25) is 10.0 Å². The number of rotatable bonds is 4. The van der Waals surface area contributed by atoms with Crippen LogP contribution in [0.15, 0.2) is 70.6 Å². The molecule has 1 heterocycles. The Balaban J connectivity index is 1.87. The third-order valence-corrected chi connectivity index (χ3v) is 6.29. The van der Waals surface area contributed by atoms with E-state index in [-0.39, 0.29) is 11.3 Å². The lowest BCUT2D eigenvalue weighted by atomic mass is 10.2. The van der Waals surface area contributed by atoms with Crippen molar-refractivity contribution in [3.05, 3.63) is 98.0 Å². The van der Waals surface area contributed by atoms with Gasteiger partial charge in [-0.25, -0.2) is 9.37 Å². The maximum atomic E-state index is 14.2. The molecule has 0 atom stereocenters. The Morgan fingerprint density at radius 2 is 1.83 bits per heavy atom. The number of fused-ring (bicyclic) bond motifs is 1. The normalized spacial score (nSPS) is 11.2. The van der Waals surface area contributed by atoms with Crippen molar-refractivity contribution in [3.8, 4) is 5.69 Å². The topological polar surface area (TPSA) is 34.9 Å². The van der Waals surface area contributed by atoms with E-state index in [1.165, 1.54) is 22.4 Å². The van der Waals surface area contributed by atoms with E-state index < -0.39 is 5.82 Å². The molecule has 0 aliphatic carbocycles. The van der Waals surface area contributed by atoms with Crippen molar-refractivity contribution in [1.82, 2.24) is 9.55 Å². The summed E-state index contributed by atoms with van der Waals surface area (Å²) in [4.78, 5) is 17.9. The van der Waals surface area contributed by atoms with Crippen LogP contribution >= 0.6 is 35.0 Å². The maximum Gasteiger partial charge on any atom is 0.266 e. The summed E-state index contributed by atoms with van der Waals surface area (Å²) in [6.45, 7) is 1.89. The molecule has 0 saturated carbocycles. The zero-order valence-corrected chi connectivity index (χ0v) is 17.7. The highest BCUT2D eigenvalue weighted by molar-refractivity contribution is 7.98. The summed E-state index contributed by atoms with van der Waals surface area (Å²) in [5.74, 6) is -0.159. The smallest absolute Gasteiger partial charge is 0.266 e. The van der Waals surface area contributed by atoms with Crippen molar-refractivity contribution in [1.29, 1.82) is 0 Å². The molecule has 7 heteroatoms. The van der Waals surface area contributed by atoms with Gasteiger partial charge in [0.2, 0.25) is 0 Å². The molecule has 0 aliphatic heterocycles. The number of aromatic nitrogens is 2. The molecule has 0 unspecified atom stereocenters. The number of halogens is 3. The number of thioether (sulfide) groups is 1. The van der Waals surface area contributed by atoms with Crippen LogP contribution < -0.4 is 5.56 Å². The minimum absolute atomic E-state index is 0.211. The van der Waals surface area contributed by atoms with Crippen LogP contribution in [0.1, 0.15) is 11.1 Å². The van der Waals surface area contributed by atoms with E-state index in [1.807, 2.05) is 25.1 Å². The zero-order valence-electron chi connectivity index (χ0n) is 15.3. The Morgan fingerprint density at radius 1 is 1.03 bits per heavy atom. The number of aryl methyl sites for hydroxylation is 1. The van der Waals surface area contributed by atoms with Crippen LogP contribution in [0.5, 0.6) is 0 Å². The molecule has 0 saturated heterocycles. The average Bonchev–Trinajstić information content (AvgIpc) is 2.70. The minimum Gasteiger partial charge on any atom is -0.268 e. The minimum atomic E-state index is -0.391. The third-order valence-electron chi connectivity index (χ3n) is 4.57. The van der Waals surface area contributed by atoms with Crippen molar-refractivity contribution in [3.63, 3.8) is 0 Å². The fraction of sp³-hybridized carbons (Fsp3) is 0.0909. The van der Waals surface area contributed by atoms with Crippen molar-refractivity contribution < 1.29 is 4.39 Å². The second-order valence-electron chi connectivity index (χ2n) is 6.47. The molecule has 4 rings (SSSR count). The predicted octanol–water partition coefficient (Wildman–Crippen LogP) is 6.43. The standard InChI is InChI=1S/C22H15Cl2FN2OS/c1-13-9-10-14(11-18(13)24)27-21(28)15-5-2-3-8-20(15)26-22(27)29-12-16-17(23)6-4-7-19(16)25/h2-11H,12H2,1H3. The molecule has 0 bridgehead atoms. The molecule has 0 N–H and O–H groups in total. The van der Waals surface area contributed by atoms with Gasteiger partial charge in [-0.3, -0.25) is 9.36 Å². The number of para-hydroxylation sites is 1. The molecule has 146 valence electrons. The first-order chi connectivity index (χ1) is 14.0. The largest absolute Gasteiger partial charge is 0.268 e. The molecular weight excluding hydrogens is 430 g/mol. The molecule has 0 radical (unpaired) electrons. The second-order valence-corrected chi connectivity index (χ2v) is 8.23. The van der Waals surface area contributed by atoms with E-state index in [0.717, 1.165) is 5.56 Å². The summed E-state index contributed by atoms with van der Waals surface area (Å²) in [6, 6.07) is 17.1. The zero-order chi connectivity index (χ0) is 20.5. The van der Waals surface area contributed by atoms with Gasteiger partial charge in [-0.05, 0) is 48.9 Å². The molecule has 4 aromatic rings. The molecule has 3 nitrogen and oxygen atoms in total. The van der Waals surface area contributed by atoms with E-state index in [2.05, 4.69) is 4.98 Å². The van der Waals surface area contributed by atoms with Crippen LogP contribution in [0.4, 0.5) is 4.39 Å². The van der Waals surface area contributed by atoms with Crippen LogP contribution in [0, 0.1) is 12.7 Å². The van der Waals surface area contributed by atoms with Gasteiger partial charge < -0.3 is 0 Å². The van der Waals surface area contributed by atoms with Gasteiger partial charge in [0, 0.05) is 21.4 Å². The molecule has 0 aliphatic rings. The third kappa shape index (κ3) is 3.90. The summed E-state index contributed by atoms with van der Waals surface area (Å²) in [6.07, 6.45) is 0. The number of hydrogen-bond acceptors (Lipinski definition) is 3. The van der Waals surface area contributed by atoms with Gasteiger partial charge in [-0.1, -0.05) is 59.2 Å². The highest BCUT2D eigenvalue weighted by Crippen LogP contribution is 2.30. The van der Waals surface area contributed by atoms with Gasteiger partial charge in [-0.2, -0.15) is 0 Å². The van der Waals surface area contributed by atoms with Crippen LogP contribution in [0.25, 0.3) is 16.6 Å². The van der Waals surface area contributed by atoms with Gasteiger partial charge in [0.05, 0.1) is 16.6 Å². The maximum absolute atomic E-state index is 14.2. The van der Waals surface area contributed by atoms with Crippen molar-refractivity contribution in [2.24, 2.45) is 0 Å². The van der Waals surface area contributed by atoms with Crippen molar-refractivity contribution >= 4 is 45.9 Å². The summed E-state index contributed by atoms with van der Waals surface area (Å²) in [5, 5.41) is 1.83. The fourth-order valence-corrected chi connectivity index (χ4v) is 4.50. The fourth-order valence-electron chi connectivity index (χ4n) is 2.96. The van der Waals surface area contributed by atoms with Crippen LogP contribution in [-0.2, 0) is 5.75 Å². The van der Waals surface area contributed by atoms with Gasteiger partial charge in [0.1, 0.15) is 5.82 Å². The first kappa shape index (κ1) is 20.0. The highest BCUT2D eigenvalue weighted by Gasteiger charge is 2.16. The first-order valence-electron chi connectivity index (χ1n) is 8.79. The summed E-state index contributed by atoms with van der Waals surface area (Å²) >= 11 is 13.7. The summed E-state index contributed by atoms with van der Waals surface area (Å²) in [5.41, 5.74) is 2.25. The van der Waals surface area contributed by atoms with E-state index in [1.54, 1.807) is 36.4 Å². The quantitative estimate of drug-likeness (QED) is 0.268. The van der Waals surface area contributed by atoms with E-state index >= 15 is 0 Å². The van der Waals surface area contributed by atoms with Crippen molar-refractivity contribution in [2.75, 3.05) is 0 Å². The Morgan fingerprint density at radius 3 is 2.59 bits per heavy atom. The van der Waals surface area contributed by atoms with Gasteiger partial charge in [-0.15, -0.1) is 0 Å². The molecule has 0 fully saturated rings. The van der Waals surface area contributed by atoms with Gasteiger partial charge in [0.15, 0.2) is 5.16 Å². The lowest BCUT2D eigenvalue weighted by Gasteiger charge is -2.14. The summed E-state index contributed by atoms with van der Waals surface area (Å²) in [7, 11) is 0. The molecular formula is C22H15Cl2FN2OS. The monoisotopic (exact) mass is 444 g/mol. The van der Waals surface area contributed by atoms with E-state index in [9.17, 15) is 9.18 Å². The number of hydrogen-bond donors (Lipinski definition) is 0. The van der Waals surface area contributed by atoms with E-state index in [0.29, 0.717) is 37.4 Å². The predicted molar refractivity (Wildman–Crippen MR) is 118 cm³/mol. The molecule has 3 aromatic carbocycles. The lowest BCUT2D eigenvalue weighted by Crippen LogP contribution is -2.21. The molecule has 0 spiro atoms. The Hall–Kier alpha value is -2.34. The highest BCUT2D eigenvalue weighted by atomic mass is 35.5. The van der Waals surface area contributed by atoms with Crippen molar-refractivity contribution in [2.45, 2.75) is 17.8 Å². The van der Waals surface area contributed by atoms with Gasteiger partial charge >= 0.3 is 0 Å². The molecule has 29 heavy (non-hydrogen) atoms. The van der Waals surface area contributed by atoms with Crippen LogP contribution in [-0.4, -0.2) is 9.55 Å². The lowest BCUT2D eigenvalue weighted by molar-refractivity contribution is 0.617. The van der Waals surface area contributed by atoms with Crippen LogP contribution in [0.3, 0.4) is 0 Å². The number of benzene rings is 3. The molecule has 1 aromatic heterocycles. The first-order valence-corrected chi connectivity index (χ1v) is 10.5. The van der Waals surface area contributed by atoms with E-state index in [4.69, 9.17) is 23.2 Å². The van der Waals surface area contributed by atoms with Gasteiger partial charge in [0.25, 0.3) is 5.56 Å². The Kier molecular flexibility index (Phi) is 5.63. The Bertz CT molecular complexity index is 1270. The second kappa shape index (κ2) is 8.19. The SMILES string of the molecule is Cc1ccc(-n2c(SCc3c(F)cccc3Cl)nc3ccccc3c2=O)cc1Cl.